The van der Waals surface area contributed by atoms with Gasteiger partial charge in [0.1, 0.15) is 30.2 Å². The number of hydrogen-bond acceptors (Lipinski definition) is 9. The largest absolute Gasteiger partial charge is 0.387 e. The van der Waals surface area contributed by atoms with Crippen molar-refractivity contribution in [2.24, 2.45) is 0 Å². The number of aryl methyl sites for hydroxylation is 1. The van der Waals surface area contributed by atoms with Crippen LogP contribution in [0.3, 0.4) is 0 Å². The quantitative estimate of drug-likeness (QED) is 0.455. The Morgan fingerprint density at radius 2 is 1.88 bits per heavy atom. The number of aliphatic hydroxyl groups is 2. The second-order valence-corrected chi connectivity index (χ2v) is 8.62. The van der Waals surface area contributed by atoms with E-state index in [2.05, 4.69) is 63.0 Å². The normalized spacial score (nSPS) is 23.6. The number of benzene rings is 1. The molecule has 172 valence electrons. The Kier molecular flexibility index (Phi) is 6.68. The van der Waals surface area contributed by atoms with Gasteiger partial charge in [-0.3, -0.25) is 4.57 Å². The van der Waals surface area contributed by atoms with Crippen LogP contribution in [0.4, 0.5) is 5.82 Å². The molecule has 32 heavy (non-hydrogen) atoms. The molecule has 0 spiro atoms. The standard InChI is InChI=1S/C22H31N7O3/c1-14-5-4-6-15(9-14)10-27(2)7-8-28(3)11-16-18(30)19(31)22(32-16)29-13-26-17-20(23)24-12-25-21(17)29/h4-6,9,12-13,16,18-19,22,30-31H,7-8,10-11H2,1-3H3,(H2,23,24,25)/t16-,18-,19-,22-/m1/s1. The summed E-state index contributed by atoms with van der Waals surface area (Å²) in [5.41, 5.74) is 9.29. The van der Waals surface area contributed by atoms with E-state index < -0.39 is 24.5 Å². The van der Waals surface area contributed by atoms with E-state index in [1.807, 2.05) is 7.05 Å². The summed E-state index contributed by atoms with van der Waals surface area (Å²) < 4.78 is 7.63. The van der Waals surface area contributed by atoms with Crippen LogP contribution in [0.25, 0.3) is 11.2 Å². The van der Waals surface area contributed by atoms with Crippen LogP contribution in [0.5, 0.6) is 0 Å². The van der Waals surface area contributed by atoms with E-state index in [0.717, 1.165) is 19.6 Å². The summed E-state index contributed by atoms with van der Waals surface area (Å²) in [6.07, 6.45) is -0.630. The minimum atomic E-state index is -1.11. The van der Waals surface area contributed by atoms with Crippen LogP contribution in [0.1, 0.15) is 17.4 Å². The van der Waals surface area contributed by atoms with Gasteiger partial charge in [0.05, 0.1) is 6.33 Å². The molecule has 3 heterocycles. The van der Waals surface area contributed by atoms with Crippen molar-refractivity contribution in [2.45, 2.75) is 38.0 Å². The Morgan fingerprint density at radius 3 is 2.66 bits per heavy atom. The maximum absolute atomic E-state index is 10.6. The SMILES string of the molecule is Cc1cccc(CN(C)CCN(C)C[C@H]2O[C@@H](n3cnc4c(N)ncnc43)[C@H](O)[C@@H]2O)c1. The first-order chi connectivity index (χ1) is 15.3. The number of rotatable bonds is 8. The Morgan fingerprint density at radius 1 is 1.09 bits per heavy atom. The summed E-state index contributed by atoms with van der Waals surface area (Å²) >= 11 is 0. The van der Waals surface area contributed by atoms with Crippen molar-refractivity contribution >= 4 is 17.0 Å². The third-order valence-corrected chi connectivity index (χ3v) is 5.89. The van der Waals surface area contributed by atoms with Crippen molar-refractivity contribution < 1.29 is 14.9 Å². The van der Waals surface area contributed by atoms with Gasteiger partial charge in [0, 0.05) is 26.2 Å². The number of nitrogens with two attached hydrogens (primary N) is 1. The van der Waals surface area contributed by atoms with Gasteiger partial charge in [-0.25, -0.2) is 15.0 Å². The van der Waals surface area contributed by atoms with E-state index in [1.54, 1.807) is 4.57 Å². The summed E-state index contributed by atoms with van der Waals surface area (Å²) in [6.45, 7) is 5.11. The van der Waals surface area contributed by atoms with Gasteiger partial charge in [0.25, 0.3) is 0 Å². The maximum Gasteiger partial charge on any atom is 0.167 e. The molecule has 3 aromatic rings. The van der Waals surface area contributed by atoms with Gasteiger partial charge in [-0.2, -0.15) is 0 Å². The molecule has 4 rings (SSSR count). The number of fused-ring (bicyclic) bond motifs is 1. The number of aliphatic hydroxyl groups excluding tert-OH is 2. The van der Waals surface area contributed by atoms with Crippen LogP contribution in [-0.2, 0) is 11.3 Å². The topological polar surface area (TPSA) is 126 Å². The highest BCUT2D eigenvalue weighted by atomic mass is 16.6. The zero-order valence-corrected chi connectivity index (χ0v) is 18.7. The Balaban J connectivity index is 1.33. The lowest BCUT2D eigenvalue weighted by molar-refractivity contribution is -0.0424. The van der Waals surface area contributed by atoms with E-state index in [9.17, 15) is 10.2 Å². The molecule has 0 bridgehead atoms. The summed E-state index contributed by atoms with van der Waals surface area (Å²) in [4.78, 5) is 16.7. The highest BCUT2D eigenvalue weighted by Gasteiger charge is 2.44. The molecule has 1 aliphatic rings. The van der Waals surface area contributed by atoms with Crippen LogP contribution in [0.15, 0.2) is 36.9 Å². The zero-order valence-electron chi connectivity index (χ0n) is 18.7. The predicted molar refractivity (Wildman–Crippen MR) is 121 cm³/mol. The maximum atomic E-state index is 10.6. The van der Waals surface area contributed by atoms with Gasteiger partial charge in [0.2, 0.25) is 0 Å². The average Bonchev–Trinajstić information content (AvgIpc) is 3.30. The number of hydrogen-bond donors (Lipinski definition) is 3. The van der Waals surface area contributed by atoms with Crippen LogP contribution >= 0.6 is 0 Å². The van der Waals surface area contributed by atoms with Crippen molar-refractivity contribution in [3.05, 3.63) is 48.0 Å². The van der Waals surface area contributed by atoms with E-state index in [1.165, 1.54) is 23.8 Å². The molecule has 0 saturated carbocycles. The van der Waals surface area contributed by atoms with Crippen LogP contribution in [0, 0.1) is 6.92 Å². The fraction of sp³-hybridized carbons (Fsp3) is 0.500. The van der Waals surface area contributed by atoms with Gasteiger partial charge in [-0.15, -0.1) is 0 Å². The minimum Gasteiger partial charge on any atom is -0.387 e. The third-order valence-electron chi connectivity index (χ3n) is 5.89. The summed E-state index contributed by atoms with van der Waals surface area (Å²) in [5, 5.41) is 21.2. The van der Waals surface area contributed by atoms with E-state index in [0.29, 0.717) is 17.7 Å². The lowest BCUT2D eigenvalue weighted by Gasteiger charge is -2.25. The molecule has 10 heteroatoms. The van der Waals surface area contributed by atoms with Gasteiger partial charge in [-0.05, 0) is 26.6 Å². The Labute approximate surface area is 187 Å². The molecule has 0 amide bonds. The molecule has 1 saturated heterocycles. The molecule has 4 N–H and O–H groups in total. The number of ether oxygens (including phenoxy) is 1. The summed E-state index contributed by atoms with van der Waals surface area (Å²) in [5.74, 6) is 0.257. The Bertz CT molecular complexity index is 1060. The number of aromatic nitrogens is 4. The van der Waals surface area contributed by atoms with Gasteiger partial charge in [0.15, 0.2) is 17.7 Å². The molecule has 0 radical (unpaired) electrons. The van der Waals surface area contributed by atoms with Crippen molar-refractivity contribution in [3.8, 4) is 0 Å². The first-order valence-corrected chi connectivity index (χ1v) is 10.7. The highest BCUT2D eigenvalue weighted by Crippen LogP contribution is 2.32. The van der Waals surface area contributed by atoms with Gasteiger partial charge >= 0.3 is 0 Å². The molecule has 1 aliphatic heterocycles. The predicted octanol–water partition coefficient (Wildman–Crippen LogP) is 0.400. The van der Waals surface area contributed by atoms with Crippen molar-refractivity contribution in [3.63, 3.8) is 0 Å². The van der Waals surface area contributed by atoms with Crippen molar-refractivity contribution in [1.29, 1.82) is 0 Å². The molecule has 2 aromatic heterocycles. The number of nitrogen functional groups attached to an aromatic ring is 1. The zero-order chi connectivity index (χ0) is 22.8. The van der Waals surface area contributed by atoms with E-state index >= 15 is 0 Å². The molecular formula is C22H31N7O3. The van der Waals surface area contributed by atoms with Gasteiger partial charge in [-0.1, -0.05) is 29.8 Å². The minimum absolute atomic E-state index is 0.257. The molecule has 1 aromatic carbocycles. The fourth-order valence-corrected chi connectivity index (χ4v) is 4.11. The molecule has 4 atom stereocenters. The van der Waals surface area contributed by atoms with Crippen molar-refractivity contribution in [1.82, 2.24) is 29.3 Å². The first kappa shape index (κ1) is 22.6. The lowest BCUT2D eigenvalue weighted by atomic mass is 10.1. The summed E-state index contributed by atoms with van der Waals surface area (Å²) in [6, 6.07) is 8.51. The van der Waals surface area contributed by atoms with E-state index in [4.69, 9.17) is 10.5 Å². The lowest BCUT2D eigenvalue weighted by Crippen LogP contribution is -2.40. The van der Waals surface area contributed by atoms with Crippen molar-refractivity contribution in [2.75, 3.05) is 39.5 Å². The first-order valence-electron chi connectivity index (χ1n) is 10.7. The number of nitrogens with zero attached hydrogens (tertiary/aromatic N) is 6. The second kappa shape index (κ2) is 9.47. The van der Waals surface area contributed by atoms with Crippen LogP contribution in [-0.4, -0.2) is 91.6 Å². The fourth-order valence-electron chi connectivity index (χ4n) is 4.11. The molecule has 10 nitrogen and oxygen atoms in total. The second-order valence-electron chi connectivity index (χ2n) is 8.62. The van der Waals surface area contributed by atoms with E-state index in [-0.39, 0.29) is 5.82 Å². The number of imidazole rings is 1. The number of likely N-dealkylation sites (N-methyl/N-ethyl adjacent to an activating group) is 2. The number of anilines is 1. The third kappa shape index (κ3) is 4.74. The average molecular weight is 442 g/mol. The van der Waals surface area contributed by atoms with Gasteiger partial charge < -0.3 is 30.5 Å². The Hall–Kier alpha value is -2.63. The molecule has 1 fully saturated rings. The molecule has 0 unspecified atom stereocenters. The molecule has 0 aliphatic carbocycles. The summed E-state index contributed by atoms with van der Waals surface area (Å²) in [7, 11) is 4.07. The highest BCUT2D eigenvalue weighted by molar-refractivity contribution is 5.81. The monoisotopic (exact) mass is 441 g/mol. The van der Waals surface area contributed by atoms with Crippen LogP contribution in [0.2, 0.25) is 0 Å². The molecular weight excluding hydrogens is 410 g/mol. The smallest absolute Gasteiger partial charge is 0.167 e. The van der Waals surface area contributed by atoms with Crippen LogP contribution < -0.4 is 5.73 Å².